The SMILES string of the molecule is C[C@H](OC(=O)c1ccc2c(c1)NC(=O)[C@@H](C)S2)c1nc(C2CC2)no1. The number of hydrogen-bond donors (Lipinski definition) is 1. The molecule has 1 fully saturated rings. The molecule has 0 bridgehead atoms. The van der Waals surface area contributed by atoms with E-state index in [9.17, 15) is 9.59 Å². The van der Waals surface area contributed by atoms with E-state index < -0.39 is 12.1 Å². The van der Waals surface area contributed by atoms with Crippen LogP contribution >= 0.6 is 11.8 Å². The number of nitrogens with one attached hydrogen (secondary N) is 1. The van der Waals surface area contributed by atoms with Crippen LogP contribution in [0.4, 0.5) is 5.69 Å². The van der Waals surface area contributed by atoms with Crippen molar-refractivity contribution in [3.05, 3.63) is 35.5 Å². The number of carbonyl (C=O) groups is 2. The molecule has 25 heavy (non-hydrogen) atoms. The van der Waals surface area contributed by atoms with E-state index in [0.717, 1.165) is 17.7 Å². The van der Waals surface area contributed by atoms with Gasteiger partial charge in [-0.05, 0) is 44.9 Å². The molecule has 0 radical (unpaired) electrons. The largest absolute Gasteiger partial charge is 0.449 e. The van der Waals surface area contributed by atoms with Crippen LogP contribution in [0.2, 0.25) is 0 Å². The van der Waals surface area contributed by atoms with Gasteiger partial charge in [0.15, 0.2) is 11.9 Å². The summed E-state index contributed by atoms with van der Waals surface area (Å²) in [4.78, 5) is 29.4. The zero-order valence-electron chi connectivity index (χ0n) is 13.8. The number of carbonyl (C=O) groups excluding carboxylic acids is 2. The predicted molar refractivity (Wildman–Crippen MR) is 90.5 cm³/mol. The van der Waals surface area contributed by atoms with E-state index in [2.05, 4.69) is 15.5 Å². The number of esters is 1. The van der Waals surface area contributed by atoms with E-state index in [-0.39, 0.29) is 11.2 Å². The van der Waals surface area contributed by atoms with Crippen molar-refractivity contribution in [1.82, 2.24) is 10.1 Å². The third-order valence-corrected chi connectivity index (χ3v) is 5.36. The quantitative estimate of drug-likeness (QED) is 0.837. The molecular weight excluding hydrogens is 342 g/mol. The Balaban J connectivity index is 1.47. The second-order valence-electron chi connectivity index (χ2n) is 6.27. The monoisotopic (exact) mass is 359 g/mol. The molecule has 1 aliphatic heterocycles. The van der Waals surface area contributed by atoms with Gasteiger partial charge in [-0.3, -0.25) is 4.79 Å². The smallest absolute Gasteiger partial charge is 0.338 e. The molecule has 7 nitrogen and oxygen atoms in total. The van der Waals surface area contributed by atoms with Crippen molar-refractivity contribution in [2.24, 2.45) is 0 Å². The lowest BCUT2D eigenvalue weighted by Crippen LogP contribution is -2.26. The predicted octanol–water partition coefficient (Wildman–Crippen LogP) is 3.30. The van der Waals surface area contributed by atoms with Gasteiger partial charge in [-0.2, -0.15) is 4.98 Å². The highest BCUT2D eigenvalue weighted by atomic mass is 32.2. The van der Waals surface area contributed by atoms with Crippen LogP contribution in [0, 0.1) is 0 Å². The lowest BCUT2D eigenvalue weighted by atomic mass is 10.2. The molecule has 0 unspecified atom stereocenters. The van der Waals surface area contributed by atoms with Gasteiger partial charge in [-0.15, -0.1) is 11.8 Å². The maximum absolute atomic E-state index is 12.4. The second-order valence-corrected chi connectivity index (χ2v) is 7.66. The fraction of sp³-hybridized carbons (Fsp3) is 0.412. The van der Waals surface area contributed by atoms with Crippen LogP contribution in [0.15, 0.2) is 27.6 Å². The van der Waals surface area contributed by atoms with Crippen LogP contribution in [0.25, 0.3) is 0 Å². The Labute approximate surface area is 148 Å². The van der Waals surface area contributed by atoms with Gasteiger partial charge in [-0.25, -0.2) is 4.79 Å². The molecular formula is C17H17N3O4S. The van der Waals surface area contributed by atoms with Gasteiger partial charge in [0.25, 0.3) is 5.89 Å². The van der Waals surface area contributed by atoms with Crippen molar-refractivity contribution >= 4 is 29.3 Å². The van der Waals surface area contributed by atoms with Gasteiger partial charge in [0.1, 0.15) is 0 Å². The number of hydrogen-bond acceptors (Lipinski definition) is 7. The number of aromatic nitrogens is 2. The Morgan fingerprint density at radius 1 is 1.44 bits per heavy atom. The minimum absolute atomic E-state index is 0.0742. The maximum atomic E-state index is 12.4. The van der Waals surface area contributed by atoms with Crippen LogP contribution < -0.4 is 5.32 Å². The Morgan fingerprint density at radius 2 is 2.24 bits per heavy atom. The number of benzene rings is 1. The van der Waals surface area contributed by atoms with Gasteiger partial charge in [0.2, 0.25) is 5.91 Å². The summed E-state index contributed by atoms with van der Waals surface area (Å²) in [6, 6.07) is 5.13. The van der Waals surface area contributed by atoms with Gasteiger partial charge < -0.3 is 14.6 Å². The first-order chi connectivity index (χ1) is 12.0. The maximum Gasteiger partial charge on any atom is 0.338 e. The fourth-order valence-electron chi connectivity index (χ4n) is 2.53. The minimum Gasteiger partial charge on any atom is -0.449 e. The van der Waals surface area contributed by atoms with E-state index in [1.807, 2.05) is 13.0 Å². The van der Waals surface area contributed by atoms with E-state index in [1.54, 1.807) is 19.1 Å². The number of thioether (sulfide) groups is 1. The first kappa shape index (κ1) is 16.1. The van der Waals surface area contributed by atoms with E-state index in [0.29, 0.717) is 28.9 Å². The fourth-order valence-corrected chi connectivity index (χ4v) is 3.46. The Bertz CT molecular complexity index is 846. The summed E-state index contributed by atoms with van der Waals surface area (Å²) in [5.41, 5.74) is 0.993. The summed E-state index contributed by atoms with van der Waals surface area (Å²) >= 11 is 1.47. The number of nitrogens with zero attached hydrogens (tertiary/aromatic N) is 2. The van der Waals surface area contributed by atoms with Gasteiger partial charge in [-0.1, -0.05) is 5.16 Å². The van der Waals surface area contributed by atoms with Crippen molar-refractivity contribution < 1.29 is 18.8 Å². The summed E-state index contributed by atoms with van der Waals surface area (Å²) in [5, 5.41) is 6.58. The zero-order valence-corrected chi connectivity index (χ0v) is 14.6. The molecule has 1 aliphatic carbocycles. The highest BCUT2D eigenvalue weighted by molar-refractivity contribution is 8.00. The molecule has 1 N–H and O–H groups in total. The van der Waals surface area contributed by atoms with Crippen LogP contribution in [0.3, 0.4) is 0 Å². The minimum atomic E-state index is -0.632. The Kier molecular flexibility index (Phi) is 3.99. The average molecular weight is 359 g/mol. The number of ether oxygens (including phenoxy) is 1. The first-order valence-corrected chi connectivity index (χ1v) is 9.05. The molecule has 4 rings (SSSR count). The Hall–Kier alpha value is -2.35. The molecule has 1 saturated carbocycles. The highest BCUT2D eigenvalue weighted by Gasteiger charge is 2.30. The van der Waals surface area contributed by atoms with E-state index in [1.165, 1.54) is 11.8 Å². The normalized spacial score (nSPS) is 20.6. The van der Waals surface area contributed by atoms with Crippen molar-refractivity contribution in [3.63, 3.8) is 0 Å². The van der Waals surface area contributed by atoms with Crippen LogP contribution in [-0.2, 0) is 9.53 Å². The van der Waals surface area contributed by atoms with E-state index in [4.69, 9.17) is 9.26 Å². The molecule has 130 valence electrons. The van der Waals surface area contributed by atoms with Gasteiger partial charge >= 0.3 is 5.97 Å². The highest BCUT2D eigenvalue weighted by Crippen LogP contribution is 2.39. The molecule has 2 heterocycles. The molecule has 1 aromatic carbocycles. The summed E-state index contributed by atoms with van der Waals surface area (Å²) in [7, 11) is 0. The first-order valence-electron chi connectivity index (χ1n) is 8.17. The van der Waals surface area contributed by atoms with Crippen LogP contribution in [0.1, 0.15) is 60.8 Å². The van der Waals surface area contributed by atoms with Crippen LogP contribution in [-0.4, -0.2) is 27.3 Å². The average Bonchev–Trinajstić information content (AvgIpc) is 3.32. The third kappa shape index (κ3) is 3.26. The Morgan fingerprint density at radius 3 is 3.00 bits per heavy atom. The van der Waals surface area contributed by atoms with Gasteiger partial charge in [0.05, 0.1) is 16.5 Å². The molecule has 1 aromatic heterocycles. The molecule has 1 amide bonds. The number of amides is 1. The molecule has 2 atom stereocenters. The summed E-state index contributed by atoms with van der Waals surface area (Å²) < 4.78 is 10.6. The number of fused-ring (bicyclic) bond motifs is 1. The molecule has 0 saturated heterocycles. The summed E-state index contributed by atoms with van der Waals surface area (Å²) in [6.07, 6.45) is 1.52. The number of anilines is 1. The topological polar surface area (TPSA) is 94.3 Å². The van der Waals surface area contributed by atoms with Gasteiger partial charge in [0, 0.05) is 10.8 Å². The summed E-state index contributed by atoms with van der Waals surface area (Å²) in [5.74, 6) is 0.783. The zero-order chi connectivity index (χ0) is 17.6. The lowest BCUT2D eigenvalue weighted by Gasteiger charge is -2.21. The molecule has 2 aliphatic rings. The van der Waals surface area contributed by atoms with Crippen molar-refractivity contribution in [2.45, 2.75) is 48.9 Å². The standard InChI is InChI=1S/C17H17N3O4S/c1-8(16-19-14(20-24-16)10-3-4-10)23-17(22)11-5-6-13-12(7-11)18-15(21)9(2)25-13/h5-10H,3-4H2,1-2H3,(H,18,21)/t8-,9+/m0/s1. The molecule has 0 spiro atoms. The van der Waals surface area contributed by atoms with Crippen LogP contribution in [0.5, 0.6) is 0 Å². The number of rotatable bonds is 4. The molecule has 2 aromatic rings. The van der Waals surface area contributed by atoms with Crippen molar-refractivity contribution in [2.75, 3.05) is 5.32 Å². The van der Waals surface area contributed by atoms with Crippen molar-refractivity contribution in [1.29, 1.82) is 0 Å². The third-order valence-electron chi connectivity index (χ3n) is 4.18. The molecule has 8 heteroatoms. The lowest BCUT2D eigenvalue weighted by molar-refractivity contribution is -0.115. The van der Waals surface area contributed by atoms with Crippen molar-refractivity contribution in [3.8, 4) is 0 Å². The van der Waals surface area contributed by atoms with E-state index >= 15 is 0 Å². The second kappa shape index (κ2) is 6.18. The summed E-state index contributed by atoms with van der Waals surface area (Å²) in [6.45, 7) is 3.53.